The normalized spacial score (nSPS) is 14.7. The molecular formula is C19H21N5O2. The SMILES string of the molecule is Cc1cncc(CNC(=O)N2CCN(c3nc4ccccc4o3)CC2)c1. The Bertz CT molecular complexity index is 882. The van der Waals surface area contributed by atoms with E-state index in [1.54, 1.807) is 12.4 Å². The van der Waals surface area contributed by atoms with E-state index in [4.69, 9.17) is 4.42 Å². The first kappa shape index (κ1) is 16.4. The van der Waals surface area contributed by atoms with Crippen LogP contribution in [0.2, 0.25) is 0 Å². The molecule has 3 aromatic rings. The number of nitrogens with zero attached hydrogens (tertiary/aromatic N) is 4. The van der Waals surface area contributed by atoms with Gasteiger partial charge in [0.2, 0.25) is 0 Å². The highest BCUT2D eigenvalue weighted by molar-refractivity contribution is 5.75. The predicted molar refractivity (Wildman–Crippen MR) is 99.0 cm³/mol. The largest absolute Gasteiger partial charge is 0.423 e. The van der Waals surface area contributed by atoms with Crippen LogP contribution < -0.4 is 10.2 Å². The highest BCUT2D eigenvalue weighted by Crippen LogP contribution is 2.22. The minimum Gasteiger partial charge on any atom is -0.423 e. The summed E-state index contributed by atoms with van der Waals surface area (Å²) in [6.45, 7) is 5.15. The number of pyridine rings is 1. The molecule has 0 atom stereocenters. The highest BCUT2D eigenvalue weighted by atomic mass is 16.4. The van der Waals surface area contributed by atoms with Gasteiger partial charge < -0.3 is 19.5 Å². The van der Waals surface area contributed by atoms with Crippen molar-refractivity contribution < 1.29 is 9.21 Å². The van der Waals surface area contributed by atoms with Gasteiger partial charge in [0.15, 0.2) is 5.58 Å². The average Bonchev–Trinajstić information content (AvgIpc) is 3.10. The number of hydrogen-bond acceptors (Lipinski definition) is 5. The summed E-state index contributed by atoms with van der Waals surface area (Å²) in [5.74, 6) is 0. The Morgan fingerprint density at radius 2 is 2.00 bits per heavy atom. The standard InChI is InChI=1S/C19H21N5O2/c1-14-10-15(12-20-11-14)13-21-18(25)23-6-8-24(9-7-23)19-22-16-4-2-3-5-17(16)26-19/h2-5,10-12H,6-9,13H2,1H3,(H,21,25). The number of oxazole rings is 1. The van der Waals surface area contributed by atoms with E-state index in [9.17, 15) is 4.79 Å². The van der Waals surface area contributed by atoms with Gasteiger partial charge in [-0.15, -0.1) is 0 Å². The zero-order chi connectivity index (χ0) is 17.9. The molecule has 1 N–H and O–H groups in total. The number of piperazine rings is 1. The lowest BCUT2D eigenvalue weighted by Gasteiger charge is -2.33. The van der Waals surface area contributed by atoms with Crippen molar-refractivity contribution in [1.29, 1.82) is 0 Å². The summed E-state index contributed by atoms with van der Waals surface area (Å²) in [5, 5.41) is 2.96. The lowest BCUT2D eigenvalue weighted by atomic mass is 10.2. The van der Waals surface area contributed by atoms with E-state index in [2.05, 4.69) is 20.2 Å². The monoisotopic (exact) mass is 351 g/mol. The third kappa shape index (κ3) is 3.46. The number of rotatable bonds is 3. The van der Waals surface area contributed by atoms with Crippen LogP contribution in [0, 0.1) is 6.92 Å². The molecular weight excluding hydrogens is 330 g/mol. The maximum Gasteiger partial charge on any atom is 0.317 e. The Morgan fingerprint density at radius 3 is 2.77 bits per heavy atom. The van der Waals surface area contributed by atoms with Crippen molar-refractivity contribution in [3.63, 3.8) is 0 Å². The van der Waals surface area contributed by atoms with Gasteiger partial charge in [-0.1, -0.05) is 18.2 Å². The number of urea groups is 1. The average molecular weight is 351 g/mol. The van der Waals surface area contributed by atoms with Crippen LogP contribution in [-0.2, 0) is 6.54 Å². The smallest absolute Gasteiger partial charge is 0.317 e. The van der Waals surface area contributed by atoms with Crippen molar-refractivity contribution >= 4 is 23.1 Å². The van der Waals surface area contributed by atoms with Gasteiger partial charge in [-0.25, -0.2) is 4.79 Å². The van der Waals surface area contributed by atoms with E-state index >= 15 is 0 Å². The molecule has 3 heterocycles. The van der Waals surface area contributed by atoms with Crippen molar-refractivity contribution in [2.45, 2.75) is 13.5 Å². The molecule has 0 radical (unpaired) electrons. The Hall–Kier alpha value is -3.09. The summed E-state index contributed by atoms with van der Waals surface area (Å²) < 4.78 is 5.81. The van der Waals surface area contributed by atoms with Gasteiger partial charge in [-0.2, -0.15) is 4.98 Å². The third-order valence-electron chi connectivity index (χ3n) is 4.50. The fourth-order valence-electron chi connectivity index (χ4n) is 3.10. The quantitative estimate of drug-likeness (QED) is 0.785. The summed E-state index contributed by atoms with van der Waals surface area (Å²) in [5.41, 5.74) is 3.73. The van der Waals surface area contributed by atoms with Crippen LogP contribution in [0.15, 0.2) is 47.1 Å². The van der Waals surface area contributed by atoms with Gasteiger partial charge in [0.05, 0.1) is 0 Å². The molecule has 0 saturated carbocycles. The molecule has 1 saturated heterocycles. The van der Waals surface area contributed by atoms with Crippen molar-refractivity contribution in [1.82, 2.24) is 20.2 Å². The van der Waals surface area contributed by atoms with Crippen LogP contribution in [0.4, 0.5) is 10.8 Å². The first-order chi connectivity index (χ1) is 12.7. The second kappa shape index (κ2) is 7.03. The zero-order valence-electron chi connectivity index (χ0n) is 14.7. The number of fused-ring (bicyclic) bond motifs is 1. The number of anilines is 1. The maximum atomic E-state index is 12.4. The van der Waals surface area contributed by atoms with E-state index in [1.165, 1.54) is 0 Å². The molecule has 0 bridgehead atoms. The molecule has 2 aromatic heterocycles. The summed E-state index contributed by atoms with van der Waals surface area (Å²) in [6.07, 6.45) is 3.58. The minimum atomic E-state index is -0.0521. The van der Waals surface area contributed by atoms with Crippen molar-refractivity contribution in [2.24, 2.45) is 0 Å². The predicted octanol–water partition coefficient (Wildman–Crippen LogP) is 2.56. The molecule has 1 aliphatic rings. The lowest BCUT2D eigenvalue weighted by molar-refractivity contribution is 0.193. The first-order valence-corrected chi connectivity index (χ1v) is 8.73. The zero-order valence-corrected chi connectivity index (χ0v) is 14.7. The van der Waals surface area contributed by atoms with Gasteiger partial charge in [-0.3, -0.25) is 4.98 Å². The Balaban J connectivity index is 1.32. The first-order valence-electron chi connectivity index (χ1n) is 8.73. The van der Waals surface area contributed by atoms with E-state index in [1.807, 2.05) is 42.2 Å². The Morgan fingerprint density at radius 1 is 1.19 bits per heavy atom. The molecule has 26 heavy (non-hydrogen) atoms. The number of aromatic nitrogens is 2. The topological polar surface area (TPSA) is 74.5 Å². The molecule has 4 rings (SSSR count). The Kier molecular flexibility index (Phi) is 4.43. The number of nitrogens with one attached hydrogen (secondary N) is 1. The van der Waals surface area contributed by atoms with Crippen molar-refractivity contribution in [2.75, 3.05) is 31.1 Å². The van der Waals surface area contributed by atoms with Crippen LogP contribution in [0.1, 0.15) is 11.1 Å². The fourth-order valence-corrected chi connectivity index (χ4v) is 3.10. The van der Waals surface area contributed by atoms with Crippen molar-refractivity contribution in [3.8, 4) is 0 Å². The second-order valence-electron chi connectivity index (χ2n) is 6.47. The summed E-state index contributed by atoms with van der Waals surface area (Å²) in [7, 11) is 0. The van der Waals surface area contributed by atoms with Gasteiger partial charge in [0.25, 0.3) is 6.01 Å². The fraction of sp³-hybridized carbons (Fsp3) is 0.316. The molecule has 0 aliphatic carbocycles. The van der Waals surface area contributed by atoms with Crippen LogP contribution in [0.25, 0.3) is 11.1 Å². The molecule has 7 heteroatoms. The van der Waals surface area contributed by atoms with Crippen LogP contribution in [-0.4, -0.2) is 47.1 Å². The number of carbonyl (C=O) groups is 1. The lowest BCUT2D eigenvalue weighted by Crippen LogP contribution is -2.51. The minimum absolute atomic E-state index is 0.0521. The number of carbonyl (C=O) groups excluding carboxylic acids is 1. The molecule has 2 amide bonds. The number of aryl methyl sites for hydroxylation is 1. The maximum absolute atomic E-state index is 12.4. The van der Waals surface area contributed by atoms with Gasteiger partial charge in [0.1, 0.15) is 5.52 Å². The number of benzene rings is 1. The number of amides is 2. The molecule has 1 aromatic carbocycles. The summed E-state index contributed by atoms with van der Waals surface area (Å²) >= 11 is 0. The van der Waals surface area contributed by atoms with Gasteiger partial charge in [0, 0.05) is 45.1 Å². The van der Waals surface area contributed by atoms with E-state index in [0.29, 0.717) is 38.7 Å². The van der Waals surface area contributed by atoms with Crippen LogP contribution in [0.3, 0.4) is 0 Å². The van der Waals surface area contributed by atoms with Crippen LogP contribution in [0.5, 0.6) is 0 Å². The molecule has 134 valence electrons. The van der Waals surface area contributed by atoms with E-state index in [-0.39, 0.29) is 6.03 Å². The van der Waals surface area contributed by atoms with Crippen molar-refractivity contribution in [3.05, 3.63) is 53.9 Å². The van der Waals surface area contributed by atoms with Gasteiger partial charge in [-0.05, 0) is 30.2 Å². The van der Waals surface area contributed by atoms with E-state index < -0.39 is 0 Å². The Labute approximate surface area is 151 Å². The van der Waals surface area contributed by atoms with Crippen LogP contribution >= 0.6 is 0 Å². The molecule has 0 spiro atoms. The molecule has 7 nitrogen and oxygen atoms in total. The van der Waals surface area contributed by atoms with E-state index in [0.717, 1.165) is 22.2 Å². The highest BCUT2D eigenvalue weighted by Gasteiger charge is 2.23. The molecule has 1 aliphatic heterocycles. The van der Waals surface area contributed by atoms with Gasteiger partial charge >= 0.3 is 6.03 Å². The number of para-hydroxylation sites is 2. The summed E-state index contributed by atoms with van der Waals surface area (Å²) in [6, 6.07) is 10.3. The summed E-state index contributed by atoms with van der Waals surface area (Å²) in [4.78, 5) is 24.9. The molecule has 0 unspecified atom stereocenters. The third-order valence-corrected chi connectivity index (χ3v) is 4.50. The number of hydrogen-bond donors (Lipinski definition) is 1. The second-order valence-corrected chi connectivity index (χ2v) is 6.47. The molecule has 1 fully saturated rings.